The Kier molecular flexibility index (Phi) is 4.17. The van der Waals surface area contributed by atoms with Gasteiger partial charge in [-0.3, -0.25) is 9.78 Å². The maximum atomic E-state index is 12.3. The molecule has 0 aliphatic heterocycles. The zero-order valence-corrected chi connectivity index (χ0v) is 11.7. The predicted octanol–water partition coefficient (Wildman–Crippen LogP) is 3.32. The Bertz CT molecular complexity index is 598. The van der Waals surface area contributed by atoms with Gasteiger partial charge < -0.3 is 4.90 Å². The Labute approximate surface area is 117 Å². The molecule has 0 fully saturated rings. The largest absolute Gasteiger partial charge is 0.337 e. The van der Waals surface area contributed by atoms with E-state index >= 15 is 0 Å². The van der Waals surface area contributed by atoms with Crippen LogP contribution in [-0.4, -0.2) is 22.8 Å². The normalized spacial score (nSPS) is 10.3. The molecule has 0 unspecified atom stereocenters. The molecule has 0 bridgehead atoms. The van der Waals surface area contributed by atoms with Gasteiger partial charge in [0, 0.05) is 26.0 Å². The number of rotatable bonds is 3. The number of pyridine rings is 1. The van der Waals surface area contributed by atoms with E-state index in [1.807, 2.05) is 31.2 Å². The molecular weight excluding hydrogens is 260 g/mol. The van der Waals surface area contributed by atoms with Gasteiger partial charge in [0.15, 0.2) is 0 Å². The summed E-state index contributed by atoms with van der Waals surface area (Å²) in [7, 11) is 1.76. The van der Waals surface area contributed by atoms with Crippen LogP contribution >= 0.6 is 11.6 Å². The molecule has 0 spiro atoms. The van der Waals surface area contributed by atoms with Crippen LogP contribution in [0.3, 0.4) is 0 Å². The lowest BCUT2D eigenvalue weighted by atomic mass is 10.1. The predicted molar refractivity (Wildman–Crippen MR) is 76.2 cm³/mol. The number of benzene rings is 1. The zero-order chi connectivity index (χ0) is 13.8. The summed E-state index contributed by atoms with van der Waals surface area (Å²) < 4.78 is 0. The van der Waals surface area contributed by atoms with Gasteiger partial charge in [-0.15, -0.1) is 0 Å². The number of carbonyl (C=O) groups is 1. The van der Waals surface area contributed by atoms with Crippen LogP contribution in [0.1, 0.15) is 21.5 Å². The van der Waals surface area contributed by atoms with E-state index in [4.69, 9.17) is 11.6 Å². The highest BCUT2D eigenvalue weighted by molar-refractivity contribution is 6.33. The standard InChI is InChI=1S/C15H15ClN2O/c1-11-5-3-4-6-12(11)10-18(2)15(19)13-9-17-8-7-14(13)16/h3-9H,10H2,1-2H3. The van der Waals surface area contributed by atoms with Gasteiger partial charge in [-0.25, -0.2) is 0 Å². The fourth-order valence-electron chi connectivity index (χ4n) is 1.86. The van der Waals surface area contributed by atoms with Crippen LogP contribution in [0.2, 0.25) is 5.02 Å². The molecule has 0 radical (unpaired) electrons. The second-order valence-electron chi connectivity index (χ2n) is 4.44. The third kappa shape index (κ3) is 3.12. The van der Waals surface area contributed by atoms with Crippen molar-refractivity contribution in [3.05, 3.63) is 64.4 Å². The zero-order valence-electron chi connectivity index (χ0n) is 10.9. The smallest absolute Gasteiger partial charge is 0.256 e. The molecule has 98 valence electrons. The van der Waals surface area contributed by atoms with Gasteiger partial charge >= 0.3 is 0 Å². The Balaban J connectivity index is 2.17. The van der Waals surface area contributed by atoms with Crippen molar-refractivity contribution in [2.45, 2.75) is 13.5 Å². The molecule has 2 aromatic rings. The van der Waals surface area contributed by atoms with Crippen molar-refractivity contribution in [2.75, 3.05) is 7.05 Å². The lowest BCUT2D eigenvalue weighted by molar-refractivity contribution is 0.0784. The number of aryl methyl sites for hydroxylation is 1. The number of nitrogens with zero attached hydrogens (tertiary/aromatic N) is 2. The molecule has 3 nitrogen and oxygen atoms in total. The van der Waals surface area contributed by atoms with E-state index in [2.05, 4.69) is 4.98 Å². The molecule has 0 saturated carbocycles. The molecule has 19 heavy (non-hydrogen) atoms. The average molecular weight is 275 g/mol. The first-order valence-electron chi connectivity index (χ1n) is 5.99. The van der Waals surface area contributed by atoms with Gasteiger partial charge in [0.05, 0.1) is 10.6 Å². The first-order valence-corrected chi connectivity index (χ1v) is 6.37. The minimum atomic E-state index is -0.124. The van der Waals surface area contributed by atoms with Crippen LogP contribution in [0.25, 0.3) is 0 Å². The Morgan fingerprint density at radius 1 is 1.32 bits per heavy atom. The summed E-state index contributed by atoms with van der Waals surface area (Å²) in [5, 5.41) is 0.427. The molecule has 4 heteroatoms. The molecule has 0 atom stereocenters. The monoisotopic (exact) mass is 274 g/mol. The summed E-state index contributed by atoms with van der Waals surface area (Å²) in [4.78, 5) is 17.9. The Hall–Kier alpha value is -1.87. The van der Waals surface area contributed by atoms with Gasteiger partial charge in [0.25, 0.3) is 5.91 Å². The van der Waals surface area contributed by atoms with Crippen molar-refractivity contribution in [1.82, 2.24) is 9.88 Å². The SMILES string of the molecule is Cc1ccccc1CN(C)C(=O)c1cnccc1Cl. The molecule has 0 N–H and O–H groups in total. The first kappa shape index (κ1) is 13.6. The molecule has 1 aromatic heterocycles. The van der Waals surface area contributed by atoms with Crippen LogP contribution < -0.4 is 0 Å². The lowest BCUT2D eigenvalue weighted by Crippen LogP contribution is -2.26. The van der Waals surface area contributed by atoms with Gasteiger partial charge in [0.1, 0.15) is 0 Å². The molecule has 1 heterocycles. The maximum absolute atomic E-state index is 12.3. The third-order valence-electron chi connectivity index (χ3n) is 3.01. The second-order valence-corrected chi connectivity index (χ2v) is 4.85. The van der Waals surface area contributed by atoms with Crippen molar-refractivity contribution in [3.8, 4) is 0 Å². The van der Waals surface area contributed by atoms with Crippen LogP contribution in [0, 0.1) is 6.92 Å². The Morgan fingerprint density at radius 3 is 2.74 bits per heavy atom. The minimum Gasteiger partial charge on any atom is -0.337 e. The highest BCUT2D eigenvalue weighted by Crippen LogP contribution is 2.17. The first-order chi connectivity index (χ1) is 9.09. The average Bonchev–Trinajstić information content (AvgIpc) is 2.41. The van der Waals surface area contributed by atoms with Gasteiger partial charge in [-0.1, -0.05) is 35.9 Å². The summed E-state index contributed by atoms with van der Waals surface area (Å²) in [5.41, 5.74) is 2.72. The lowest BCUT2D eigenvalue weighted by Gasteiger charge is -2.18. The summed E-state index contributed by atoms with van der Waals surface area (Å²) in [6.45, 7) is 2.58. The number of hydrogen-bond acceptors (Lipinski definition) is 2. The number of amides is 1. The summed E-state index contributed by atoms with van der Waals surface area (Å²) >= 11 is 6.01. The van der Waals surface area contributed by atoms with E-state index < -0.39 is 0 Å². The van der Waals surface area contributed by atoms with Crippen molar-refractivity contribution < 1.29 is 4.79 Å². The molecule has 2 rings (SSSR count). The van der Waals surface area contributed by atoms with E-state index in [9.17, 15) is 4.79 Å². The number of hydrogen-bond donors (Lipinski definition) is 0. The maximum Gasteiger partial charge on any atom is 0.256 e. The summed E-state index contributed by atoms with van der Waals surface area (Å²) in [6.07, 6.45) is 3.07. The number of carbonyl (C=O) groups excluding carboxylic acids is 1. The van der Waals surface area contributed by atoms with Gasteiger partial charge in [-0.2, -0.15) is 0 Å². The van der Waals surface area contributed by atoms with Crippen LogP contribution in [0.5, 0.6) is 0 Å². The quantitative estimate of drug-likeness (QED) is 0.860. The van der Waals surface area contributed by atoms with Crippen LogP contribution in [-0.2, 0) is 6.54 Å². The molecular formula is C15H15ClN2O. The van der Waals surface area contributed by atoms with Crippen molar-refractivity contribution >= 4 is 17.5 Å². The van der Waals surface area contributed by atoms with E-state index in [-0.39, 0.29) is 5.91 Å². The van der Waals surface area contributed by atoms with E-state index in [1.165, 1.54) is 11.8 Å². The highest BCUT2D eigenvalue weighted by Gasteiger charge is 2.15. The molecule has 0 aliphatic rings. The minimum absolute atomic E-state index is 0.124. The number of aromatic nitrogens is 1. The van der Waals surface area contributed by atoms with E-state index in [1.54, 1.807) is 24.2 Å². The van der Waals surface area contributed by atoms with Gasteiger partial charge in [0.2, 0.25) is 0 Å². The van der Waals surface area contributed by atoms with Crippen molar-refractivity contribution in [3.63, 3.8) is 0 Å². The summed E-state index contributed by atoms with van der Waals surface area (Å²) in [5.74, 6) is -0.124. The highest BCUT2D eigenvalue weighted by atomic mass is 35.5. The van der Waals surface area contributed by atoms with Gasteiger partial charge in [-0.05, 0) is 24.1 Å². The van der Waals surface area contributed by atoms with Crippen molar-refractivity contribution in [2.24, 2.45) is 0 Å². The molecule has 1 amide bonds. The number of halogens is 1. The van der Waals surface area contributed by atoms with Crippen molar-refractivity contribution in [1.29, 1.82) is 0 Å². The topological polar surface area (TPSA) is 33.2 Å². The van der Waals surface area contributed by atoms with E-state index in [0.717, 1.165) is 5.56 Å². The third-order valence-corrected chi connectivity index (χ3v) is 3.34. The molecule has 0 saturated heterocycles. The van der Waals surface area contributed by atoms with Crippen LogP contribution in [0.15, 0.2) is 42.7 Å². The molecule has 0 aliphatic carbocycles. The van der Waals surface area contributed by atoms with E-state index in [0.29, 0.717) is 17.1 Å². The second kappa shape index (κ2) is 5.85. The van der Waals surface area contributed by atoms with Crippen LogP contribution in [0.4, 0.5) is 0 Å². The molecule has 1 aromatic carbocycles. The fraction of sp³-hybridized carbons (Fsp3) is 0.200. The fourth-order valence-corrected chi connectivity index (χ4v) is 2.04. The summed E-state index contributed by atoms with van der Waals surface area (Å²) in [6, 6.07) is 9.63. The Morgan fingerprint density at radius 2 is 2.05 bits per heavy atom.